The van der Waals surface area contributed by atoms with Gasteiger partial charge in [-0.15, -0.1) is 0 Å². The molecule has 0 spiro atoms. The van der Waals surface area contributed by atoms with Gasteiger partial charge in [0.05, 0.1) is 6.54 Å². The van der Waals surface area contributed by atoms with E-state index >= 15 is 0 Å². The fourth-order valence-electron chi connectivity index (χ4n) is 3.25. The van der Waals surface area contributed by atoms with E-state index in [4.69, 9.17) is 5.11 Å². The molecule has 0 saturated heterocycles. The van der Waals surface area contributed by atoms with Gasteiger partial charge in [0.1, 0.15) is 0 Å². The highest BCUT2D eigenvalue weighted by atomic mass is 32.2. The zero-order valence-electron chi connectivity index (χ0n) is 14.0. The quantitative estimate of drug-likeness (QED) is 0.618. The zero-order chi connectivity index (χ0) is 17.8. The van der Waals surface area contributed by atoms with Crippen LogP contribution in [0.5, 0.6) is 0 Å². The summed E-state index contributed by atoms with van der Waals surface area (Å²) in [4.78, 5) is 13.7. The number of halogens is 2. The fourth-order valence-corrected chi connectivity index (χ4v) is 3.75. The molecule has 4 nitrogen and oxygen atoms in total. The Bertz CT molecular complexity index is 575. The van der Waals surface area contributed by atoms with E-state index in [0.717, 1.165) is 24.9 Å². The highest BCUT2D eigenvalue weighted by Crippen LogP contribution is 2.34. The van der Waals surface area contributed by atoms with Crippen LogP contribution in [0.4, 0.5) is 8.78 Å². The number of hydrogen-bond donors (Lipinski definition) is 2. The van der Waals surface area contributed by atoms with Gasteiger partial charge >= 0.3 is 5.97 Å². The minimum atomic E-state index is -2.39. The first-order chi connectivity index (χ1) is 12.0. The Morgan fingerprint density at radius 2 is 1.96 bits per heavy atom. The Balaban J connectivity index is 1.39. The lowest BCUT2D eigenvalue weighted by Gasteiger charge is -2.43. The summed E-state index contributed by atoms with van der Waals surface area (Å²) in [7, 11) is 0. The normalized spacial score (nSPS) is 23.0. The topological polar surface area (TPSA) is 52.6 Å². The summed E-state index contributed by atoms with van der Waals surface area (Å²) in [5.41, 5.74) is 1.07. The van der Waals surface area contributed by atoms with Gasteiger partial charge in [-0.05, 0) is 49.3 Å². The van der Waals surface area contributed by atoms with Gasteiger partial charge in [0.2, 0.25) is 0 Å². The molecule has 3 rings (SSSR count). The molecule has 7 heteroatoms. The largest absolute Gasteiger partial charge is 0.480 e. The van der Waals surface area contributed by atoms with Gasteiger partial charge < -0.3 is 10.4 Å². The Kier molecular flexibility index (Phi) is 6.30. The van der Waals surface area contributed by atoms with E-state index < -0.39 is 11.7 Å². The van der Waals surface area contributed by atoms with Gasteiger partial charge in [-0.25, -0.2) is 0 Å². The molecule has 25 heavy (non-hydrogen) atoms. The molecule has 0 heterocycles. The lowest BCUT2D eigenvalue weighted by atomic mass is 9.85. The lowest BCUT2D eigenvalue weighted by Crippen LogP contribution is -2.54. The molecule has 2 saturated carbocycles. The van der Waals surface area contributed by atoms with Crippen molar-refractivity contribution >= 4 is 17.7 Å². The van der Waals surface area contributed by atoms with Gasteiger partial charge in [-0.2, -0.15) is 8.78 Å². The van der Waals surface area contributed by atoms with E-state index in [1.807, 2.05) is 12.1 Å². The van der Waals surface area contributed by atoms with Crippen LogP contribution in [0.15, 0.2) is 29.2 Å². The van der Waals surface area contributed by atoms with Crippen molar-refractivity contribution in [3.63, 3.8) is 0 Å². The predicted octanol–water partition coefficient (Wildman–Crippen LogP) is 3.42. The molecule has 2 aliphatic carbocycles. The highest BCUT2D eigenvalue weighted by Gasteiger charge is 2.36. The summed E-state index contributed by atoms with van der Waals surface area (Å²) in [5, 5.41) is 12.5. The minimum Gasteiger partial charge on any atom is -0.480 e. The smallest absolute Gasteiger partial charge is 0.317 e. The van der Waals surface area contributed by atoms with Crippen LogP contribution in [0.1, 0.15) is 31.2 Å². The molecule has 0 unspecified atom stereocenters. The minimum absolute atomic E-state index is 0.136. The summed E-state index contributed by atoms with van der Waals surface area (Å²) in [6.07, 6.45) is 4.40. The average Bonchev–Trinajstić information content (AvgIpc) is 3.30. The molecule has 0 atom stereocenters. The molecule has 2 aliphatic rings. The van der Waals surface area contributed by atoms with Crippen molar-refractivity contribution in [1.29, 1.82) is 0 Å². The third-order valence-electron chi connectivity index (χ3n) is 4.90. The van der Waals surface area contributed by atoms with Gasteiger partial charge in [0.25, 0.3) is 5.76 Å². The van der Waals surface area contributed by atoms with Crippen molar-refractivity contribution in [2.24, 2.45) is 5.92 Å². The highest BCUT2D eigenvalue weighted by molar-refractivity contribution is 7.99. The predicted molar refractivity (Wildman–Crippen MR) is 93.9 cm³/mol. The van der Waals surface area contributed by atoms with Crippen molar-refractivity contribution in [3.8, 4) is 0 Å². The number of alkyl halides is 2. The molecule has 2 fully saturated rings. The maximum absolute atomic E-state index is 12.3. The number of carbonyl (C=O) groups is 1. The van der Waals surface area contributed by atoms with Crippen LogP contribution < -0.4 is 5.32 Å². The van der Waals surface area contributed by atoms with Crippen LogP contribution in [0, 0.1) is 5.92 Å². The summed E-state index contributed by atoms with van der Waals surface area (Å²) in [6, 6.07) is 7.95. The SMILES string of the molecule is O=C(O)CN(CC1CC1)C1CC(NCc2ccc(SC(F)F)cc2)C1. The number of carboxylic acid groups (broad SMARTS) is 1. The second-order valence-corrected chi connectivity index (χ2v) is 8.06. The van der Waals surface area contributed by atoms with E-state index in [1.54, 1.807) is 12.1 Å². The van der Waals surface area contributed by atoms with E-state index in [2.05, 4.69) is 10.2 Å². The van der Waals surface area contributed by atoms with Gasteiger partial charge in [-0.1, -0.05) is 23.9 Å². The number of carboxylic acids is 1. The molecule has 138 valence electrons. The summed E-state index contributed by atoms with van der Waals surface area (Å²) < 4.78 is 24.6. The van der Waals surface area contributed by atoms with Crippen LogP contribution in [-0.2, 0) is 11.3 Å². The molecule has 1 aromatic rings. The first kappa shape index (κ1) is 18.6. The Morgan fingerprint density at radius 1 is 1.28 bits per heavy atom. The van der Waals surface area contributed by atoms with Crippen molar-refractivity contribution in [2.75, 3.05) is 13.1 Å². The Morgan fingerprint density at radius 3 is 2.52 bits per heavy atom. The molecular formula is C18H24F2N2O2S. The van der Waals surface area contributed by atoms with E-state index in [9.17, 15) is 13.6 Å². The first-order valence-electron chi connectivity index (χ1n) is 8.72. The number of hydrogen-bond acceptors (Lipinski definition) is 4. The molecule has 0 aromatic heterocycles. The standard InChI is InChI=1S/C18H24F2N2O2S/c19-18(20)25-16-5-3-12(4-6-16)9-21-14-7-15(8-14)22(11-17(23)24)10-13-1-2-13/h3-6,13-15,18,21H,1-2,7-11H2,(H,23,24). The van der Waals surface area contributed by atoms with Crippen molar-refractivity contribution < 1.29 is 18.7 Å². The summed E-state index contributed by atoms with van der Waals surface area (Å²) >= 11 is 0.558. The number of thioether (sulfide) groups is 1. The van der Waals surface area contributed by atoms with Gasteiger partial charge in [0.15, 0.2) is 0 Å². The third-order valence-corrected chi connectivity index (χ3v) is 5.62. The molecule has 0 radical (unpaired) electrons. The molecular weight excluding hydrogens is 346 g/mol. The fraction of sp³-hybridized carbons (Fsp3) is 0.611. The first-order valence-corrected chi connectivity index (χ1v) is 9.60. The number of benzene rings is 1. The second-order valence-electron chi connectivity index (χ2n) is 6.99. The van der Waals surface area contributed by atoms with Crippen molar-refractivity contribution in [2.45, 2.75) is 55.0 Å². The van der Waals surface area contributed by atoms with Crippen LogP contribution in [0.25, 0.3) is 0 Å². The number of nitrogens with zero attached hydrogens (tertiary/aromatic N) is 1. The van der Waals surface area contributed by atoms with Crippen LogP contribution in [0.3, 0.4) is 0 Å². The number of nitrogens with one attached hydrogen (secondary N) is 1. The molecule has 2 N–H and O–H groups in total. The van der Waals surface area contributed by atoms with Crippen LogP contribution in [0.2, 0.25) is 0 Å². The lowest BCUT2D eigenvalue weighted by molar-refractivity contribution is -0.139. The van der Waals surface area contributed by atoms with Gasteiger partial charge in [-0.3, -0.25) is 9.69 Å². The average molecular weight is 370 g/mol. The van der Waals surface area contributed by atoms with E-state index in [-0.39, 0.29) is 6.54 Å². The zero-order valence-corrected chi connectivity index (χ0v) is 14.9. The Hall–Kier alpha value is -1.18. The van der Waals surface area contributed by atoms with E-state index in [0.29, 0.717) is 41.2 Å². The second kappa shape index (κ2) is 8.47. The van der Waals surface area contributed by atoms with Crippen molar-refractivity contribution in [3.05, 3.63) is 29.8 Å². The maximum atomic E-state index is 12.3. The molecule has 0 aliphatic heterocycles. The molecule has 0 amide bonds. The molecule has 0 bridgehead atoms. The van der Waals surface area contributed by atoms with Crippen LogP contribution in [-0.4, -0.2) is 46.9 Å². The Labute approximate surface area is 151 Å². The summed E-state index contributed by atoms with van der Waals surface area (Å²) in [5.74, 6) is -2.45. The van der Waals surface area contributed by atoms with Crippen molar-refractivity contribution in [1.82, 2.24) is 10.2 Å². The van der Waals surface area contributed by atoms with E-state index in [1.165, 1.54) is 12.8 Å². The number of aliphatic carboxylic acids is 1. The third kappa shape index (κ3) is 5.94. The number of rotatable bonds is 10. The van der Waals surface area contributed by atoms with Crippen LogP contribution >= 0.6 is 11.8 Å². The monoisotopic (exact) mass is 370 g/mol. The maximum Gasteiger partial charge on any atom is 0.317 e. The summed E-state index contributed by atoms with van der Waals surface area (Å²) in [6.45, 7) is 1.75. The van der Waals surface area contributed by atoms with Gasteiger partial charge in [0, 0.05) is 30.1 Å². The molecule has 1 aromatic carbocycles.